The maximum Gasteiger partial charge on any atom is 0.304 e. The van der Waals surface area contributed by atoms with Crippen molar-refractivity contribution in [2.45, 2.75) is 63.9 Å². The lowest BCUT2D eigenvalue weighted by Gasteiger charge is -2.33. The van der Waals surface area contributed by atoms with E-state index in [1.165, 1.54) is 5.56 Å². The smallest absolute Gasteiger partial charge is 0.304 e. The van der Waals surface area contributed by atoms with Crippen molar-refractivity contribution in [3.05, 3.63) is 35.9 Å². The van der Waals surface area contributed by atoms with Crippen LogP contribution < -0.4 is 0 Å². The molecule has 2 rings (SSSR count). The number of carboxylic acids is 1. The molecule has 116 valence electrons. The van der Waals surface area contributed by atoms with Crippen LogP contribution in [0.2, 0.25) is 0 Å². The summed E-state index contributed by atoms with van der Waals surface area (Å²) in [5, 5.41) is 19.6. The van der Waals surface area contributed by atoms with Crippen LogP contribution in [0.1, 0.15) is 56.9 Å². The first-order valence-corrected chi connectivity index (χ1v) is 8.06. The fourth-order valence-electron chi connectivity index (χ4n) is 3.63. The van der Waals surface area contributed by atoms with Gasteiger partial charge in [-0.3, -0.25) is 4.79 Å². The standard InChI is InChI=1S/C18H26O3/c19-16(18(14-17(20)21)12-6-7-13-18)11-5-4-10-15-8-2-1-3-9-15/h1-3,8-9,16,19H,4-7,10-14H2,(H,20,21)/t16-/m1/s1. The molecule has 1 atom stereocenters. The summed E-state index contributed by atoms with van der Waals surface area (Å²) in [4.78, 5) is 11.1. The predicted molar refractivity (Wildman–Crippen MR) is 83.2 cm³/mol. The van der Waals surface area contributed by atoms with Gasteiger partial charge in [-0.15, -0.1) is 0 Å². The Hall–Kier alpha value is -1.35. The third-order valence-electron chi connectivity index (χ3n) is 4.85. The largest absolute Gasteiger partial charge is 0.481 e. The van der Waals surface area contributed by atoms with E-state index in [2.05, 4.69) is 12.1 Å². The van der Waals surface area contributed by atoms with Gasteiger partial charge in [0, 0.05) is 5.41 Å². The molecule has 0 amide bonds. The summed E-state index contributed by atoms with van der Waals surface area (Å²) in [7, 11) is 0. The minimum Gasteiger partial charge on any atom is -0.481 e. The molecule has 0 spiro atoms. The first kappa shape index (κ1) is 16.0. The van der Waals surface area contributed by atoms with Gasteiger partial charge in [0.25, 0.3) is 0 Å². The van der Waals surface area contributed by atoms with E-state index in [9.17, 15) is 9.90 Å². The minimum absolute atomic E-state index is 0.118. The van der Waals surface area contributed by atoms with E-state index >= 15 is 0 Å². The zero-order valence-corrected chi connectivity index (χ0v) is 12.6. The second-order valence-corrected chi connectivity index (χ2v) is 6.39. The normalized spacial score (nSPS) is 18.5. The molecule has 3 heteroatoms. The Morgan fingerprint density at radius 2 is 1.81 bits per heavy atom. The predicted octanol–water partition coefficient (Wildman–Crippen LogP) is 3.80. The average Bonchev–Trinajstić information content (AvgIpc) is 2.93. The highest BCUT2D eigenvalue weighted by atomic mass is 16.4. The highest BCUT2D eigenvalue weighted by molar-refractivity contribution is 5.67. The molecule has 0 unspecified atom stereocenters. The molecule has 0 aromatic heterocycles. The quantitative estimate of drug-likeness (QED) is 0.716. The molecule has 2 N–H and O–H groups in total. The fourth-order valence-corrected chi connectivity index (χ4v) is 3.63. The molecule has 3 nitrogen and oxygen atoms in total. The average molecular weight is 290 g/mol. The number of unbranched alkanes of at least 4 members (excludes halogenated alkanes) is 1. The molecule has 1 fully saturated rings. The number of aliphatic hydroxyl groups excluding tert-OH is 1. The van der Waals surface area contributed by atoms with E-state index < -0.39 is 12.1 Å². The number of hydrogen-bond acceptors (Lipinski definition) is 2. The van der Waals surface area contributed by atoms with E-state index in [4.69, 9.17) is 5.11 Å². The minimum atomic E-state index is -0.778. The number of aryl methyl sites for hydroxylation is 1. The van der Waals surface area contributed by atoms with Gasteiger partial charge in [-0.05, 0) is 37.7 Å². The van der Waals surface area contributed by atoms with Crippen LogP contribution in [0.5, 0.6) is 0 Å². The van der Waals surface area contributed by atoms with E-state index in [0.717, 1.165) is 51.4 Å². The third-order valence-corrected chi connectivity index (χ3v) is 4.85. The summed E-state index contributed by atoms with van der Waals surface area (Å²) >= 11 is 0. The molecular weight excluding hydrogens is 264 g/mol. The molecule has 1 aromatic rings. The summed E-state index contributed by atoms with van der Waals surface area (Å²) in [6, 6.07) is 10.4. The fraction of sp³-hybridized carbons (Fsp3) is 0.611. The van der Waals surface area contributed by atoms with Crippen molar-refractivity contribution in [2.24, 2.45) is 5.41 Å². The van der Waals surface area contributed by atoms with Gasteiger partial charge >= 0.3 is 5.97 Å². The van der Waals surface area contributed by atoms with Crippen LogP contribution in [-0.4, -0.2) is 22.3 Å². The number of hydrogen-bond donors (Lipinski definition) is 2. The maximum atomic E-state index is 11.1. The number of carbonyl (C=O) groups is 1. The van der Waals surface area contributed by atoms with E-state index in [-0.39, 0.29) is 11.8 Å². The van der Waals surface area contributed by atoms with Crippen LogP contribution >= 0.6 is 0 Å². The topological polar surface area (TPSA) is 57.5 Å². The number of carboxylic acid groups (broad SMARTS) is 1. The van der Waals surface area contributed by atoms with Crippen LogP contribution in [0.3, 0.4) is 0 Å². The number of aliphatic carboxylic acids is 1. The van der Waals surface area contributed by atoms with Crippen LogP contribution in [0.25, 0.3) is 0 Å². The van der Waals surface area contributed by atoms with Crippen LogP contribution in [0.15, 0.2) is 30.3 Å². The Morgan fingerprint density at radius 3 is 2.43 bits per heavy atom. The molecule has 0 saturated heterocycles. The first-order valence-electron chi connectivity index (χ1n) is 8.06. The molecule has 0 heterocycles. The molecule has 0 aliphatic heterocycles. The third kappa shape index (κ3) is 4.57. The van der Waals surface area contributed by atoms with Gasteiger partial charge in [0.15, 0.2) is 0 Å². The van der Waals surface area contributed by atoms with Crippen LogP contribution in [0, 0.1) is 5.41 Å². The Bertz CT molecular complexity index is 435. The monoisotopic (exact) mass is 290 g/mol. The second-order valence-electron chi connectivity index (χ2n) is 6.39. The Kier molecular flexibility index (Phi) is 5.80. The highest BCUT2D eigenvalue weighted by Gasteiger charge is 2.41. The summed E-state index contributed by atoms with van der Waals surface area (Å²) in [5.41, 5.74) is 0.964. The van der Waals surface area contributed by atoms with Gasteiger partial charge in [-0.1, -0.05) is 49.6 Å². The summed E-state index contributed by atoms with van der Waals surface area (Å²) < 4.78 is 0. The molecule has 1 aliphatic rings. The van der Waals surface area contributed by atoms with Crippen molar-refractivity contribution in [3.8, 4) is 0 Å². The first-order chi connectivity index (χ1) is 10.1. The lowest BCUT2D eigenvalue weighted by molar-refractivity contribution is -0.142. The van der Waals surface area contributed by atoms with Crippen molar-refractivity contribution >= 4 is 5.97 Å². The van der Waals surface area contributed by atoms with Gasteiger partial charge in [-0.25, -0.2) is 0 Å². The van der Waals surface area contributed by atoms with Crippen molar-refractivity contribution in [3.63, 3.8) is 0 Å². The number of aliphatic hydroxyl groups is 1. The zero-order chi connectivity index (χ0) is 15.1. The molecule has 1 saturated carbocycles. The van der Waals surface area contributed by atoms with Gasteiger partial charge in [0.2, 0.25) is 0 Å². The number of rotatable bonds is 8. The summed E-state index contributed by atoms with van der Waals surface area (Å²) in [6.45, 7) is 0. The maximum absolute atomic E-state index is 11.1. The van der Waals surface area contributed by atoms with E-state index in [1.807, 2.05) is 18.2 Å². The molecule has 21 heavy (non-hydrogen) atoms. The Balaban J connectivity index is 1.77. The Morgan fingerprint density at radius 1 is 1.14 bits per heavy atom. The van der Waals surface area contributed by atoms with Crippen molar-refractivity contribution in [1.29, 1.82) is 0 Å². The van der Waals surface area contributed by atoms with Gasteiger partial charge < -0.3 is 10.2 Å². The molecule has 1 aromatic carbocycles. The van der Waals surface area contributed by atoms with Gasteiger partial charge in [0.1, 0.15) is 0 Å². The van der Waals surface area contributed by atoms with E-state index in [0.29, 0.717) is 0 Å². The highest BCUT2D eigenvalue weighted by Crippen LogP contribution is 2.45. The number of benzene rings is 1. The van der Waals surface area contributed by atoms with Gasteiger partial charge in [0.05, 0.1) is 12.5 Å². The SMILES string of the molecule is O=C(O)CC1([C@H](O)CCCCc2ccccc2)CCCC1. The summed E-state index contributed by atoms with van der Waals surface area (Å²) in [5.74, 6) is -0.778. The lowest BCUT2D eigenvalue weighted by Crippen LogP contribution is -2.35. The second kappa shape index (κ2) is 7.60. The van der Waals surface area contributed by atoms with Crippen molar-refractivity contribution in [1.82, 2.24) is 0 Å². The van der Waals surface area contributed by atoms with Gasteiger partial charge in [-0.2, -0.15) is 0 Å². The lowest BCUT2D eigenvalue weighted by atomic mass is 9.75. The molecule has 0 radical (unpaired) electrons. The zero-order valence-electron chi connectivity index (χ0n) is 12.6. The Labute approximate surface area is 127 Å². The molecule has 1 aliphatic carbocycles. The molecule has 0 bridgehead atoms. The van der Waals surface area contributed by atoms with Crippen molar-refractivity contribution in [2.75, 3.05) is 0 Å². The van der Waals surface area contributed by atoms with Crippen LogP contribution in [-0.2, 0) is 11.2 Å². The van der Waals surface area contributed by atoms with Crippen molar-refractivity contribution < 1.29 is 15.0 Å². The summed E-state index contributed by atoms with van der Waals surface area (Å²) in [6.07, 6.45) is 7.22. The van der Waals surface area contributed by atoms with E-state index in [1.54, 1.807) is 0 Å². The van der Waals surface area contributed by atoms with Crippen LogP contribution in [0.4, 0.5) is 0 Å². The molecular formula is C18H26O3.